The number of tetrazole rings is 1. The van der Waals surface area contributed by atoms with Gasteiger partial charge in [0.05, 0.1) is 11.4 Å². The molecular weight excluding hydrogens is 767 g/mol. The number of unbranched alkanes of at least 4 members (excludes halogenated alkanes) is 1. The fraction of sp³-hybridized carbons (Fsp3) is 0.245. The lowest BCUT2D eigenvalue weighted by Gasteiger charge is -2.36. The van der Waals surface area contributed by atoms with Crippen molar-refractivity contribution in [2.24, 2.45) is 0 Å². The van der Waals surface area contributed by atoms with E-state index in [1.807, 2.05) is 94.2 Å². The van der Waals surface area contributed by atoms with Gasteiger partial charge < -0.3 is 19.3 Å². The van der Waals surface area contributed by atoms with Crippen LogP contribution in [-0.2, 0) is 44.0 Å². The highest BCUT2D eigenvalue weighted by molar-refractivity contribution is 5.97. The summed E-state index contributed by atoms with van der Waals surface area (Å²) in [5, 5.41) is 24.4. The summed E-state index contributed by atoms with van der Waals surface area (Å²) in [6.07, 6.45) is 1.86. The lowest BCUT2D eigenvalue weighted by atomic mass is 9.77. The second-order valence-electron chi connectivity index (χ2n) is 15.0. The molecule has 8 rings (SSSR count). The lowest BCUT2D eigenvalue weighted by molar-refractivity contribution is -0.158. The molecule has 7 aromatic rings. The number of aryl methyl sites for hydroxylation is 1. The van der Waals surface area contributed by atoms with Gasteiger partial charge in [-0.3, -0.25) is 9.59 Å². The number of carboxylic acids is 1. The van der Waals surface area contributed by atoms with Gasteiger partial charge in [0.1, 0.15) is 11.4 Å². The smallest absolute Gasteiger partial charge is 0.332 e. The van der Waals surface area contributed by atoms with Gasteiger partial charge in [-0.25, -0.2) is 14.5 Å². The van der Waals surface area contributed by atoms with Crippen molar-refractivity contribution in [3.63, 3.8) is 0 Å². The number of amides is 1. The van der Waals surface area contributed by atoms with Crippen LogP contribution < -0.4 is 0 Å². The molecule has 61 heavy (non-hydrogen) atoms. The summed E-state index contributed by atoms with van der Waals surface area (Å²) in [4.78, 5) is 44.6. The number of carbonyl (C=O) groups is 3. The Labute approximate surface area is 354 Å². The van der Waals surface area contributed by atoms with Crippen molar-refractivity contribution in [2.45, 2.75) is 63.8 Å². The number of carboxylic acid groups (broad SMARTS) is 1. The van der Waals surface area contributed by atoms with Crippen LogP contribution >= 0.6 is 0 Å². The number of aromatic nitrogens is 6. The topological polar surface area (TPSA) is 145 Å². The Morgan fingerprint density at radius 1 is 0.820 bits per heavy atom. The molecule has 1 aliphatic heterocycles. The van der Waals surface area contributed by atoms with Crippen LogP contribution in [0, 0.1) is 0 Å². The zero-order valence-electron chi connectivity index (χ0n) is 34.2. The third-order valence-corrected chi connectivity index (χ3v) is 11.4. The van der Waals surface area contributed by atoms with Crippen LogP contribution in [0.15, 0.2) is 140 Å². The largest absolute Gasteiger partial charge is 0.479 e. The van der Waals surface area contributed by atoms with Gasteiger partial charge in [-0.15, -0.1) is 5.10 Å². The molecule has 12 nitrogen and oxygen atoms in total. The van der Waals surface area contributed by atoms with Crippen molar-refractivity contribution in [2.75, 3.05) is 13.2 Å². The Morgan fingerprint density at radius 3 is 1.97 bits per heavy atom. The minimum Gasteiger partial charge on any atom is -0.479 e. The van der Waals surface area contributed by atoms with Gasteiger partial charge in [0.25, 0.3) is 5.91 Å². The Morgan fingerprint density at radius 2 is 1.41 bits per heavy atom. The van der Waals surface area contributed by atoms with Gasteiger partial charge >= 0.3 is 5.97 Å². The van der Waals surface area contributed by atoms with Crippen LogP contribution in [0.2, 0.25) is 0 Å². The molecule has 5 aromatic carbocycles. The molecule has 3 heterocycles. The molecule has 1 amide bonds. The normalized spacial score (nSPS) is 14.3. The zero-order valence-corrected chi connectivity index (χ0v) is 34.2. The highest BCUT2D eigenvalue weighted by Gasteiger charge is 2.44. The number of aldehydes is 1. The number of hydrogen-bond donors (Lipinski definition) is 1. The van der Waals surface area contributed by atoms with E-state index < -0.39 is 29.6 Å². The first-order valence-electron chi connectivity index (χ1n) is 20.7. The number of aliphatic carboxylic acids is 1. The van der Waals surface area contributed by atoms with Gasteiger partial charge in [-0.1, -0.05) is 153 Å². The quantitative estimate of drug-likeness (QED) is 0.0594. The Kier molecular flexibility index (Phi) is 12.1. The summed E-state index contributed by atoms with van der Waals surface area (Å²) in [5.41, 5.74) is 6.81. The lowest BCUT2D eigenvalue weighted by Crippen LogP contribution is -2.49. The third-order valence-electron chi connectivity index (χ3n) is 11.4. The van der Waals surface area contributed by atoms with E-state index in [1.54, 1.807) is 6.92 Å². The van der Waals surface area contributed by atoms with Crippen molar-refractivity contribution in [3.05, 3.63) is 179 Å². The highest BCUT2D eigenvalue weighted by Crippen LogP contribution is 2.43. The molecule has 0 fully saturated rings. The third kappa shape index (κ3) is 7.66. The van der Waals surface area contributed by atoms with E-state index in [-0.39, 0.29) is 13.2 Å². The van der Waals surface area contributed by atoms with Gasteiger partial charge in [0.15, 0.2) is 24.3 Å². The number of fused-ring (bicyclic) bond motifs is 1. The second kappa shape index (κ2) is 18.1. The van der Waals surface area contributed by atoms with Crippen molar-refractivity contribution < 1.29 is 24.2 Å². The molecule has 0 bridgehead atoms. The maximum Gasteiger partial charge on any atom is 0.332 e. The molecule has 0 saturated heterocycles. The fourth-order valence-electron chi connectivity index (χ4n) is 8.65. The van der Waals surface area contributed by atoms with Crippen LogP contribution in [0.5, 0.6) is 0 Å². The predicted octanol–water partition coefficient (Wildman–Crippen LogP) is 7.55. The minimum atomic E-state index is -1.38. The number of imidazole rings is 1. The average molecular weight is 814 g/mol. The summed E-state index contributed by atoms with van der Waals surface area (Å²) in [7, 11) is 0. The molecule has 2 atom stereocenters. The van der Waals surface area contributed by atoms with E-state index >= 15 is 0 Å². The number of benzene rings is 5. The first-order chi connectivity index (χ1) is 29.9. The van der Waals surface area contributed by atoms with E-state index in [4.69, 9.17) is 20.0 Å². The van der Waals surface area contributed by atoms with Gasteiger partial charge in [0, 0.05) is 38.1 Å². The maximum absolute atomic E-state index is 13.5. The molecule has 1 N–H and O–H groups in total. The van der Waals surface area contributed by atoms with Crippen LogP contribution in [0.3, 0.4) is 0 Å². The summed E-state index contributed by atoms with van der Waals surface area (Å²) < 4.78 is 9.26. The van der Waals surface area contributed by atoms with Gasteiger partial charge in [-0.2, -0.15) is 0 Å². The molecule has 0 aliphatic carbocycles. The van der Waals surface area contributed by atoms with Crippen LogP contribution in [-0.4, -0.2) is 77.2 Å². The molecule has 0 radical (unpaired) electrons. The van der Waals surface area contributed by atoms with Crippen LogP contribution in [0.1, 0.15) is 72.2 Å². The zero-order chi connectivity index (χ0) is 42.3. The Balaban J connectivity index is 1.19. The summed E-state index contributed by atoms with van der Waals surface area (Å²) in [6.45, 7) is 4.37. The fourth-order valence-corrected chi connectivity index (χ4v) is 8.65. The van der Waals surface area contributed by atoms with E-state index in [0.29, 0.717) is 42.9 Å². The molecule has 2 unspecified atom stereocenters. The molecule has 12 heteroatoms. The Bertz CT molecular complexity index is 2510. The molecule has 308 valence electrons. The van der Waals surface area contributed by atoms with Crippen molar-refractivity contribution >= 4 is 18.2 Å². The number of nitrogens with zero attached hydrogens (tertiary/aromatic N) is 7. The van der Waals surface area contributed by atoms with Crippen LogP contribution in [0.4, 0.5) is 0 Å². The highest BCUT2D eigenvalue weighted by atomic mass is 16.5. The van der Waals surface area contributed by atoms with Gasteiger partial charge in [0.2, 0.25) is 0 Å². The molecule has 1 aliphatic rings. The first kappa shape index (κ1) is 40.7. The standard InChI is InChI=1S/C49H47N7O5/c1-3-5-25-43-50-41-30-31-54(47(58)42(33-57)61-4-2)45(48(59)60)44(41)55(43)32-34-26-28-35(29-27-34)39-23-15-16-24-40(39)46-51-52-53-56(46)49(36-17-9-6-10-18-36,37-19-11-7-12-20-37)38-21-13-8-14-22-38/h6-24,26-29,33,42,45H,3-5,25,30-32H2,1-2H3,(H,59,60). The number of hydrogen-bond acceptors (Lipinski definition) is 8. The summed E-state index contributed by atoms with van der Waals surface area (Å²) in [5.74, 6) is -0.505. The van der Waals surface area contributed by atoms with Crippen molar-refractivity contribution in [1.82, 2.24) is 34.7 Å². The van der Waals surface area contributed by atoms with E-state index in [1.165, 1.54) is 4.90 Å². The van der Waals surface area contributed by atoms with Crippen molar-refractivity contribution in [1.29, 1.82) is 0 Å². The summed E-state index contributed by atoms with van der Waals surface area (Å²) >= 11 is 0. The molecule has 0 saturated carbocycles. The predicted molar refractivity (Wildman–Crippen MR) is 231 cm³/mol. The van der Waals surface area contributed by atoms with E-state index in [9.17, 15) is 19.5 Å². The molecule has 2 aromatic heterocycles. The minimum absolute atomic E-state index is 0.116. The van der Waals surface area contributed by atoms with Crippen LogP contribution in [0.25, 0.3) is 22.5 Å². The maximum atomic E-state index is 13.5. The number of rotatable bonds is 16. The van der Waals surface area contributed by atoms with Crippen molar-refractivity contribution in [3.8, 4) is 22.5 Å². The van der Waals surface area contributed by atoms with E-state index in [0.717, 1.165) is 57.6 Å². The van der Waals surface area contributed by atoms with E-state index in [2.05, 4.69) is 66.7 Å². The Hall–Kier alpha value is -7.05. The average Bonchev–Trinajstić information content (AvgIpc) is 3.94. The monoisotopic (exact) mass is 813 g/mol. The molecular formula is C49H47N7O5. The second-order valence-corrected chi connectivity index (χ2v) is 15.0. The van der Waals surface area contributed by atoms with Gasteiger partial charge in [-0.05, 0) is 57.2 Å². The number of carbonyl (C=O) groups excluding carboxylic acids is 2. The first-order valence-corrected chi connectivity index (χ1v) is 20.7. The molecule has 0 spiro atoms. The SMILES string of the molecule is CCCCc1nc2c(n1Cc1ccc(-c3ccccc3-c3nnnn3C(c3ccccc3)(c3ccccc3)c3ccccc3)cc1)C(C(=O)O)N(C(=O)C(C=O)OCC)CC2. The summed E-state index contributed by atoms with van der Waals surface area (Å²) in [6, 6.07) is 45.8. The number of ether oxygens (including phenoxy) is 1.